The summed E-state index contributed by atoms with van der Waals surface area (Å²) in [5, 5.41) is 10.2. The number of nitrogens with two attached hydrogens (primary N) is 1. The molecular formula is C31H33N7O5S2. The van der Waals surface area contributed by atoms with Crippen molar-refractivity contribution in [2.75, 3.05) is 31.2 Å². The average Bonchev–Trinajstić information content (AvgIpc) is 3.65. The number of benzene rings is 2. The monoisotopic (exact) mass is 647 g/mol. The molecule has 1 amide bonds. The molecule has 0 spiro atoms. The number of anilines is 2. The first-order valence-electron chi connectivity index (χ1n) is 14.3. The number of hydrogen-bond acceptors (Lipinski definition) is 11. The van der Waals surface area contributed by atoms with Crippen LogP contribution < -0.4 is 15.8 Å². The van der Waals surface area contributed by atoms with Gasteiger partial charge >= 0.3 is 0 Å². The van der Waals surface area contributed by atoms with Gasteiger partial charge in [0.2, 0.25) is 5.88 Å². The number of hydrogen-bond donors (Lipinski definition) is 2. The Bertz CT molecular complexity index is 1980. The van der Waals surface area contributed by atoms with Crippen LogP contribution in [0.1, 0.15) is 34.9 Å². The number of rotatable bonds is 8. The number of fused-ring (bicyclic) bond motifs is 1. The Morgan fingerprint density at radius 1 is 1.11 bits per heavy atom. The zero-order valence-corrected chi connectivity index (χ0v) is 26.9. The molecule has 6 rings (SSSR count). The van der Waals surface area contributed by atoms with Gasteiger partial charge in [0.1, 0.15) is 10.7 Å². The fourth-order valence-electron chi connectivity index (χ4n) is 5.45. The number of morpholine rings is 1. The Hall–Kier alpha value is -4.37. The van der Waals surface area contributed by atoms with Crippen LogP contribution in [0.15, 0.2) is 65.1 Å². The van der Waals surface area contributed by atoms with Gasteiger partial charge in [-0.15, -0.1) is 11.3 Å². The fraction of sp³-hybridized carbons (Fsp3) is 0.290. The lowest BCUT2D eigenvalue weighted by Crippen LogP contribution is -2.44. The number of aryl methyl sites for hydroxylation is 1. The molecule has 234 valence electrons. The highest BCUT2D eigenvalue weighted by Gasteiger charge is 2.25. The van der Waals surface area contributed by atoms with E-state index >= 15 is 0 Å². The molecule has 0 bridgehead atoms. The first-order valence-corrected chi connectivity index (χ1v) is 16.6. The van der Waals surface area contributed by atoms with Gasteiger partial charge < -0.3 is 20.5 Å². The molecular weight excluding hydrogens is 615 g/mol. The summed E-state index contributed by atoms with van der Waals surface area (Å²) in [4.78, 5) is 24.7. The second-order valence-corrected chi connectivity index (χ2v) is 13.8. The van der Waals surface area contributed by atoms with Crippen molar-refractivity contribution in [1.29, 1.82) is 0 Å². The van der Waals surface area contributed by atoms with Crippen LogP contribution in [0.25, 0.3) is 22.0 Å². The molecule has 1 fully saturated rings. The highest BCUT2D eigenvalue weighted by Crippen LogP contribution is 2.34. The summed E-state index contributed by atoms with van der Waals surface area (Å²) in [5.41, 5.74) is 9.42. The Morgan fingerprint density at radius 3 is 2.53 bits per heavy atom. The Kier molecular flexibility index (Phi) is 8.31. The number of ether oxygens (including phenoxy) is 2. The molecule has 5 aromatic rings. The van der Waals surface area contributed by atoms with Gasteiger partial charge in [-0.25, -0.2) is 9.97 Å². The maximum atomic E-state index is 13.7. The molecule has 1 aliphatic heterocycles. The van der Waals surface area contributed by atoms with Gasteiger partial charge in [-0.3, -0.25) is 9.69 Å². The molecule has 0 aliphatic carbocycles. The molecule has 12 nitrogen and oxygen atoms in total. The summed E-state index contributed by atoms with van der Waals surface area (Å²) in [5.74, 6) is -0.165. The normalized spacial score (nSPS) is 17.4. The molecule has 14 heteroatoms. The minimum atomic E-state index is -4.06. The number of methoxy groups -OCH3 is 1. The van der Waals surface area contributed by atoms with E-state index in [1.54, 1.807) is 41.9 Å². The Balaban J connectivity index is 1.37. The van der Waals surface area contributed by atoms with E-state index in [0.717, 1.165) is 27.7 Å². The third-order valence-electron chi connectivity index (χ3n) is 7.49. The van der Waals surface area contributed by atoms with Gasteiger partial charge in [0.25, 0.3) is 15.9 Å². The lowest BCUT2D eigenvalue weighted by atomic mass is 10.0. The number of nitrogens with one attached hydrogen (secondary N) is 1. The summed E-state index contributed by atoms with van der Waals surface area (Å²) in [6, 6.07) is 11.6. The van der Waals surface area contributed by atoms with Crippen molar-refractivity contribution >= 4 is 49.5 Å². The van der Waals surface area contributed by atoms with E-state index in [1.807, 2.05) is 20.8 Å². The van der Waals surface area contributed by atoms with Crippen LogP contribution in [-0.2, 0) is 21.3 Å². The van der Waals surface area contributed by atoms with Crippen LogP contribution in [0.5, 0.6) is 5.88 Å². The highest BCUT2D eigenvalue weighted by atomic mass is 32.2. The average molecular weight is 648 g/mol. The minimum Gasteiger partial charge on any atom is -0.480 e. The van der Waals surface area contributed by atoms with Crippen LogP contribution in [0.4, 0.5) is 11.4 Å². The van der Waals surface area contributed by atoms with E-state index in [0.29, 0.717) is 34.4 Å². The third kappa shape index (κ3) is 6.27. The van der Waals surface area contributed by atoms with Gasteiger partial charge in [0, 0.05) is 35.6 Å². The van der Waals surface area contributed by atoms with E-state index in [1.165, 1.54) is 36.8 Å². The maximum Gasteiger partial charge on any atom is 0.283 e. The van der Waals surface area contributed by atoms with Gasteiger partial charge in [0.15, 0.2) is 0 Å². The number of carbonyl (C=O) groups is 1. The van der Waals surface area contributed by atoms with Crippen LogP contribution in [0, 0.1) is 6.92 Å². The van der Waals surface area contributed by atoms with E-state index in [-0.39, 0.29) is 34.2 Å². The predicted octanol–water partition coefficient (Wildman–Crippen LogP) is 4.55. The number of pyridine rings is 1. The molecule has 4 heterocycles. The van der Waals surface area contributed by atoms with Crippen molar-refractivity contribution in [2.24, 2.45) is 0 Å². The number of nitrogens with zero attached hydrogens (tertiary/aromatic N) is 5. The van der Waals surface area contributed by atoms with Crippen molar-refractivity contribution in [1.82, 2.24) is 24.1 Å². The largest absolute Gasteiger partial charge is 0.480 e. The van der Waals surface area contributed by atoms with Gasteiger partial charge in [-0.05, 0) is 56.7 Å². The molecule has 3 aromatic heterocycles. The molecule has 1 saturated heterocycles. The number of thiazole rings is 1. The lowest BCUT2D eigenvalue weighted by Gasteiger charge is -2.34. The van der Waals surface area contributed by atoms with E-state index in [2.05, 4.69) is 25.3 Å². The second kappa shape index (κ2) is 12.2. The summed E-state index contributed by atoms with van der Waals surface area (Å²) < 4.78 is 39.4. The SMILES string of the molecule is COc1ncc(-c2cc(NC(=O)c3csc(CN4C[C@@H](C)O[C@@H](C)C4)n3)c3cnn(S(=O)(=O)c4ccc(C)cc4)c3c2)cc1N. The standard InChI is InChI=1S/C31H33N7O5S2/c1-18-5-7-23(8-6-18)45(40,41)38-28-11-21(22-9-25(32)31(42-4)33-12-22)10-26(24(28)13-34-38)36-30(39)27-17-44-29(35-27)16-37-14-19(2)43-20(3)15-37/h5-13,17,19-20H,14-16,32H2,1-4H3,(H,36,39)/t19-,20+. The predicted molar refractivity (Wildman–Crippen MR) is 173 cm³/mol. The first kappa shape index (κ1) is 30.6. The third-order valence-corrected chi connectivity index (χ3v) is 9.94. The van der Waals surface area contributed by atoms with Crippen molar-refractivity contribution in [3.63, 3.8) is 0 Å². The van der Waals surface area contributed by atoms with Crippen LogP contribution in [-0.4, -0.2) is 70.8 Å². The molecule has 2 aromatic carbocycles. The van der Waals surface area contributed by atoms with Crippen molar-refractivity contribution in [3.8, 4) is 17.0 Å². The minimum absolute atomic E-state index is 0.0866. The first-order chi connectivity index (χ1) is 21.5. The van der Waals surface area contributed by atoms with Crippen molar-refractivity contribution in [2.45, 2.75) is 44.4 Å². The van der Waals surface area contributed by atoms with E-state index in [4.69, 9.17) is 15.2 Å². The number of aromatic nitrogens is 4. The molecule has 2 atom stereocenters. The number of carbonyl (C=O) groups excluding carboxylic acids is 1. The van der Waals surface area contributed by atoms with Gasteiger partial charge in [-0.1, -0.05) is 17.7 Å². The van der Waals surface area contributed by atoms with Crippen LogP contribution in [0.2, 0.25) is 0 Å². The fourth-order valence-corrected chi connectivity index (χ4v) is 7.53. The molecule has 0 radical (unpaired) electrons. The lowest BCUT2D eigenvalue weighted by molar-refractivity contribution is -0.0705. The molecule has 0 saturated carbocycles. The van der Waals surface area contributed by atoms with Gasteiger partial charge in [0.05, 0.1) is 53.8 Å². The number of amides is 1. The topological polar surface area (TPSA) is 155 Å². The quantitative estimate of drug-likeness (QED) is 0.245. The molecule has 1 aliphatic rings. The van der Waals surface area contributed by atoms with E-state index in [9.17, 15) is 13.2 Å². The highest BCUT2D eigenvalue weighted by molar-refractivity contribution is 7.90. The van der Waals surface area contributed by atoms with Crippen molar-refractivity contribution < 1.29 is 22.7 Å². The van der Waals surface area contributed by atoms with E-state index < -0.39 is 15.9 Å². The Morgan fingerprint density at radius 2 is 1.84 bits per heavy atom. The van der Waals surface area contributed by atoms with Gasteiger partial charge in [-0.2, -0.15) is 17.6 Å². The summed E-state index contributed by atoms with van der Waals surface area (Å²) >= 11 is 1.42. The zero-order valence-electron chi connectivity index (χ0n) is 25.2. The van der Waals surface area contributed by atoms with Crippen molar-refractivity contribution in [3.05, 3.63) is 76.5 Å². The maximum absolute atomic E-state index is 13.7. The molecule has 0 unspecified atom stereocenters. The van der Waals surface area contributed by atoms with Crippen LogP contribution >= 0.6 is 11.3 Å². The molecule has 3 N–H and O–H groups in total. The number of nitrogen functional groups attached to an aromatic ring is 1. The zero-order chi connectivity index (χ0) is 31.9. The second-order valence-electron chi connectivity index (χ2n) is 11.1. The Labute approximate surface area is 264 Å². The molecule has 45 heavy (non-hydrogen) atoms. The summed E-state index contributed by atoms with van der Waals surface area (Å²) in [6.45, 7) is 8.16. The summed E-state index contributed by atoms with van der Waals surface area (Å²) in [7, 11) is -2.59. The van der Waals surface area contributed by atoms with Crippen LogP contribution in [0.3, 0.4) is 0 Å². The summed E-state index contributed by atoms with van der Waals surface area (Å²) in [6.07, 6.45) is 3.24. The smallest absolute Gasteiger partial charge is 0.283 e.